The molecule has 0 radical (unpaired) electrons. The lowest BCUT2D eigenvalue weighted by molar-refractivity contribution is -0.0808. The zero-order valence-electron chi connectivity index (χ0n) is 5.34. The highest BCUT2D eigenvalue weighted by Crippen LogP contribution is 2.10. The van der Waals surface area contributed by atoms with Gasteiger partial charge in [-0.25, -0.2) is 0 Å². The molecular weight excluding hydrogens is 136 g/mol. The Morgan fingerprint density at radius 2 is 2.10 bits per heavy atom. The van der Waals surface area contributed by atoms with Crippen LogP contribution in [0.2, 0.25) is 0 Å². The molecule has 10 heavy (non-hydrogen) atoms. The molecule has 0 aromatic rings. The standard InChI is InChI=1S/C6H10O4/c7-3-5-6(9)4(8)1-2-10-5/h1-2,4-9H,3H2/t4-,5-,6-/m1/s1/i2+0. The molecule has 0 saturated heterocycles. The summed E-state index contributed by atoms with van der Waals surface area (Å²) < 4.78 is 4.77. The van der Waals surface area contributed by atoms with Crippen LogP contribution in [0.5, 0.6) is 0 Å². The lowest BCUT2D eigenvalue weighted by Crippen LogP contribution is -2.42. The first kappa shape index (κ1) is 7.53. The largest absolute Gasteiger partial charge is 0.493 e. The third-order valence-electron chi connectivity index (χ3n) is 1.44. The molecule has 0 amide bonds. The first-order chi connectivity index (χ1) is 4.75. The van der Waals surface area contributed by atoms with Crippen molar-refractivity contribution in [3.05, 3.63) is 12.3 Å². The topological polar surface area (TPSA) is 69.9 Å². The van der Waals surface area contributed by atoms with E-state index < -0.39 is 18.3 Å². The van der Waals surface area contributed by atoms with Crippen molar-refractivity contribution in [3.63, 3.8) is 0 Å². The lowest BCUT2D eigenvalue weighted by atomic mass is 10.1. The van der Waals surface area contributed by atoms with Crippen LogP contribution in [0.15, 0.2) is 12.3 Å². The summed E-state index contributed by atoms with van der Waals surface area (Å²) in [5.74, 6) is 0. The van der Waals surface area contributed by atoms with Gasteiger partial charge in [-0.3, -0.25) is 0 Å². The number of aliphatic hydroxyl groups excluding tert-OH is 3. The van der Waals surface area contributed by atoms with Crippen LogP contribution in [0.25, 0.3) is 0 Å². The normalized spacial score (nSPS) is 39.3. The maximum atomic E-state index is 9.05. The predicted molar refractivity (Wildman–Crippen MR) is 33.1 cm³/mol. The molecule has 0 aliphatic carbocycles. The molecule has 3 N–H and O–H groups in total. The fraction of sp³-hybridized carbons (Fsp3) is 0.667. The average Bonchev–Trinajstić information content (AvgIpc) is 1.95. The second kappa shape index (κ2) is 3.01. The summed E-state index contributed by atoms with van der Waals surface area (Å²) in [6.45, 7) is -0.289. The molecule has 3 atom stereocenters. The molecule has 0 fully saturated rings. The average molecular weight is 146 g/mol. The van der Waals surface area contributed by atoms with Crippen LogP contribution in [-0.2, 0) is 4.74 Å². The van der Waals surface area contributed by atoms with Crippen molar-refractivity contribution in [2.45, 2.75) is 18.3 Å². The number of hydrogen-bond donors (Lipinski definition) is 3. The molecule has 0 bridgehead atoms. The maximum absolute atomic E-state index is 9.05. The second-order valence-corrected chi connectivity index (χ2v) is 2.17. The molecule has 0 unspecified atom stereocenters. The second-order valence-electron chi connectivity index (χ2n) is 2.17. The van der Waals surface area contributed by atoms with Gasteiger partial charge in [0.1, 0.15) is 18.3 Å². The minimum atomic E-state index is -1.02. The van der Waals surface area contributed by atoms with Crippen molar-refractivity contribution >= 4 is 0 Å². The lowest BCUT2D eigenvalue weighted by Gasteiger charge is -2.26. The van der Waals surface area contributed by atoms with E-state index in [1.54, 1.807) is 0 Å². The Bertz CT molecular complexity index is 134. The predicted octanol–water partition coefficient (Wildman–Crippen LogP) is -1.39. The summed E-state index contributed by atoms with van der Waals surface area (Å²) in [6, 6.07) is 0. The Morgan fingerprint density at radius 3 is 2.60 bits per heavy atom. The van der Waals surface area contributed by atoms with Crippen LogP contribution in [0.1, 0.15) is 0 Å². The Labute approximate surface area is 58.4 Å². The van der Waals surface area contributed by atoms with E-state index in [4.69, 9.17) is 20.1 Å². The molecule has 1 aliphatic rings. The minimum Gasteiger partial charge on any atom is -0.493 e. The summed E-state index contributed by atoms with van der Waals surface area (Å²) in [6.07, 6.45) is -0.0318. The molecule has 0 saturated carbocycles. The minimum absolute atomic E-state index is 0.289. The Kier molecular flexibility index (Phi) is 2.26. The summed E-state index contributed by atoms with van der Waals surface area (Å²) >= 11 is 0. The summed E-state index contributed by atoms with van der Waals surface area (Å²) in [5.41, 5.74) is 0. The Balaban J connectivity index is 2.56. The van der Waals surface area contributed by atoms with Crippen LogP contribution in [-0.4, -0.2) is 40.2 Å². The van der Waals surface area contributed by atoms with Gasteiger partial charge < -0.3 is 20.1 Å². The van der Waals surface area contributed by atoms with Crippen LogP contribution < -0.4 is 0 Å². The van der Waals surface area contributed by atoms with E-state index in [2.05, 4.69) is 0 Å². The van der Waals surface area contributed by atoms with E-state index >= 15 is 0 Å². The monoisotopic (exact) mass is 146 g/mol. The summed E-state index contributed by atoms with van der Waals surface area (Å²) in [4.78, 5) is 0. The van der Waals surface area contributed by atoms with Gasteiger partial charge in [-0.05, 0) is 6.08 Å². The highest BCUT2D eigenvalue weighted by molar-refractivity contribution is 4.96. The van der Waals surface area contributed by atoms with Gasteiger partial charge in [-0.1, -0.05) is 0 Å². The van der Waals surface area contributed by atoms with Gasteiger partial charge in [0.15, 0.2) is 0 Å². The maximum Gasteiger partial charge on any atom is 0.149 e. The zero-order chi connectivity index (χ0) is 7.56. The Morgan fingerprint density at radius 1 is 1.40 bits per heavy atom. The first-order valence-corrected chi connectivity index (χ1v) is 3.05. The van der Waals surface area contributed by atoms with Crippen molar-refractivity contribution in [1.29, 1.82) is 0 Å². The summed E-state index contributed by atoms with van der Waals surface area (Å²) in [7, 11) is 0. The number of rotatable bonds is 1. The van der Waals surface area contributed by atoms with Gasteiger partial charge in [0.25, 0.3) is 0 Å². The zero-order valence-corrected chi connectivity index (χ0v) is 5.34. The third kappa shape index (κ3) is 1.29. The van der Waals surface area contributed by atoms with Crippen molar-refractivity contribution < 1.29 is 20.1 Å². The molecule has 1 aliphatic heterocycles. The van der Waals surface area contributed by atoms with Gasteiger partial charge in [-0.2, -0.15) is 0 Å². The molecule has 0 aromatic carbocycles. The molecule has 4 nitrogen and oxygen atoms in total. The molecule has 1 heterocycles. The van der Waals surface area contributed by atoms with Crippen molar-refractivity contribution in [3.8, 4) is 0 Å². The van der Waals surface area contributed by atoms with Gasteiger partial charge in [-0.15, -0.1) is 0 Å². The number of hydrogen-bond acceptors (Lipinski definition) is 4. The summed E-state index contributed by atoms with van der Waals surface area (Å²) in [5, 5.41) is 26.6. The van der Waals surface area contributed by atoms with E-state index in [9.17, 15) is 0 Å². The van der Waals surface area contributed by atoms with Crippen LogP contribution >= 0.6 is 0 Å². The van der Waals surface area contributed by atoms with Crippen molar-refractivity contribution in [2.24, 2.45) is 0 Å². The van der Waals surface area contributed by atoms with E-state index in [-0.39, 0.29) is 6.61 Å². The van der Waals surface area contributed by atoms with E-state index in [1.807, 2.05) is 0 Å². The molecule has 1 rings (SSSR count). The van der Waals surface area contributed by atoms with Gasteiger partial charge in [0.2, 0.25) is 0 Å². The van der Waals surface area contributed by atoms with Gasteiger partial charge >= 0.3 is 0 Å². The number of ether oxygens (including phenoxy) is 1. The molecular formula is C6H10O4. The van der Waals surface area contributed by atoms with Gasteiger partial charge in [0.05, 0.1) is 12.9 Å². The van der Waals surface area contributed by atoms with Crippen molar-refractivity contribution in [2.75, 3.05) is 6.61 Å². The Hall–Kier alpha value is -0.580. The fourth-order valence-corrected chi connectivity index (χ4v) is 0.792. The fourth-order valence-electron chi connectivity index (χ4n) is 0.792. The third-order valence-corrected chi connectivity index (χ3v) is 1.44. The van der Waals surface area contributed by atoms with Crippen molar-refractivity contribution in [1.82, 2.24) is 0 Å². The molecule has 58 valence electrons. The SMILES string of the molecule is OC[C@H]1O[12CH]=C[C@@H](O)[C@H]1O. The van der Waals surface area contributed by atoms with E-state index in [0.29, 0.717) is 0 Å². The highest BCUT2D eigenvalue weighted by atomic mass is 16.5. The highest BCUT2D eigenvalue weighted by Gasteiger charge is 2.27. The molecule has 0 aromatic heterocycles. The molecule has 4 heteroatoms. The van der Waals surface area contributed by atoms with Gasteiger partial charge in [0, 0.05) is 0 Å². The van der Waals surface area contributed by atoms with Crippen LogP contribution in [0.3, 0.4) is 0 Å². The van der Waals surface area contributed by atoms with E-state index in [0.717, 1.165) is 0 Å². The van der Waals surface area contributed by atoms with Crippen LogP contribution in [0.4, 0.5) is 0 Å². The number of aliphatic hydroxyl groups is 3. The van der Waals surface area contributed by atoms with E-state index in [1.165, 1.54) is 12.3 Å². The van der Waals surface area contributed by atoms with Crippen LogP contribution in [0, 0.1) is 0 Å². The smallest absolute Gasteiger partial charge is 0.149 e. The quantitative estimate of drug-likeness (QED) is 0.426. The molecule has 0 spiro atoms. The first-order valence-electron chi connectivity index (χ1n) is 3.05.